The smallest absolute Gasteiger partial charge is 0.316 e. The largest absolute Gasteiger partial charge is 0.434 e. The zero-order valence-corrected chi connectivity index (χ0v) is 6.39. The molecule has 56 valence electrons. The Morgan fingerprint density at radius 3 is 2.60 bits per heavy atom. The summed E-state index contributed by atoms with van der Waals surface area (Å²) in [5.74, 6) is -0.0920. The second kappa shape index (κ2) is 2.45. The van der Waals surface area contributed by atoms with Gasteiger partial charge in [-0.2, -0.15) is 0 Å². The van der Waals surface area contributed by atoms with Crippen LogP contribution in [0.5, 0.6) is 0 Å². The standard InChI is InChI=1S/C8H12O2/c1-3-6-10-7(9)8(2)4-5-8/h3,6H,4-5H2,1-2H3. The van der Waals surface area contributed by atoms with Crippen molar-refractivity contribution in [1.82, 2.24) is 0 Å². The molecule has 0 atom stereocenters. The molecule has 0 saturated heterocycles. The molecule has 0 radical (unpaired) electrons. The number of hydrogen-bond acceptors (Lipinski definition) is 2. The zero-order valence-electron chi connectivity index (χ0n) is 6.39. The van der Waals surface area contributed by atoms with Gasteiger partial charge in [-0.05, 0) is 26.7 Å². The molecule has 0 heterocycles. The molecule has 0 spiro atoms. The lowest BCUT2D eigenvalue weighted by Gasteiger charge is -2.03. The van der Waals surface area contributed by atoms with Gasteiger partial charge in [-0.3, -0.25) is 4.79 Å². The van der Waals surface area contributed by atoms with Gasteiger partial charge in [0.05, 0.1) is 11.7 Å². The summed E-state index contributed by atoms with van der Waals surface area (Å²) in [7, 11) is 0. The van der Waals surface area contributed by atoms with Crippen molar-refractivity contribution in [2.75, 3.05) is 0 Å². The molecule has 1 aliphatic rings. The lowest BCUT2D eigenvalue weighted by molar-refractivity contribution is -0.143. The molecule has 1 aliphatic carbocycles. The third-order valence-electron chi connectivity index (χ3n) is 1.80. The molecule has 1 saturated carbocycles. The number of carbonyl (C=O) groups excluding carboxylic acids is 1. The Balaban J connectivity index is 2.35. The number of ether oxygens (including phenoxy) is 1. The molecule has 0 N–H and O–H groups in total. The predicted molar refractivity (Wildman–Crippen MR) is 38.2 cm³/mol. The van der Waals surface area contributed by atoms with E-state index in [2.05, 4.69) is 0 Å². The lowest BCUT2D eigenvalue weighted by atomic mass is 10.1. The van der Waals surface area contributed by atoms with Crippen molar-refractivity contribution in [2.45, 2.75) is 26.7 Å². The highest BCUT2D eigenvalue weighted by atomic mass is 16.5. The first-order valence-corrected chi connectivity index (χ1v) is 3.51. The Hall–Kier alpha value is -0.790. The first kappa shape index (κ1) is 7.32. The van der Waals surface area contributed by atoms with Crippen molar-refractivity contribution in [1.29, 1.82) is 0 Å². The van der Waals surface area contributed by atoms with E-state index in [1.807, 2.05) is 13.8 Å². The van der Waals surface area contributed by atoms with E-state index < -0.39 is 0 Å². The average molecular weight is 140 g/mol. The number of esters is 1. The first-order valence-electron chi connectivity index (χ1n) is 3.51. The number of allylic oxidation sites excluding steroid dienone is 1. The third kappa shape index (κ3) is 1.38. The van der Waals surface area contributed by atoms with Crippen LogP contribution in [0.25, 0.3) is 0 Å². The van der Waals surface area contributed by atoms with Crippen LogP contribution < -0.4 is 0 Å². The van der Waals surface area contributed by atoms with Crippen LogP contribution in [0, 0.1) is 5.41 Å². The summed E-state index contributed by atoms with van der Waals surface area (Å²) in [5.41, 5.74) is -0.153. The molecule has 1 rings (SSSR count). The van der Waals surface area contributed by atoms with Gasteiger partial charge in [0.25, 0.3) is 0 Å². The van der Waals surface area contributed by atoms with Gasteiger partial charge in [0, 0.05) is 0 Å². The van der Waals surface area contributed by atoms with Gasteiger partial charge >= 0.3 is 5.97 Å². The van der Waals surface area contributed by atoms with E-state index in [4.69, 9.17) is 4.74 Å². The van der Waals surface area contributed by atoms with E-state index in [9.17, 15) is 4.79 Å². The van der Waals surface area contributed by atoms with Gasteiger partial charge in [-0.1, -0.05) is 6.08 Å². The molecule has 1 fully saturated rings. The summed E-state index contributed by atoms with van der Waals surface area (Å²) < 4.78 is 4.80. The second-order valence-corrected chi connectivity index (χ2v) is 2.94. The minimum absolute atomic E-state index is 0.0920. The van der Waals surface area contributed by atoms with Gasteiger partial charge in [0.2, 0.25) is 0 Å². The van der Waals surface area contributed by atoms with E-state index in [1.165, 1.54) is 6.26 Å². The van der Waals surface area contributed by atoms with Crippen LogP contribution in [-0.2, 0) is 9.53 Å². The first-order chi connectivity index (χ1) is 4.69. The third-order valence-corrected chi connectivity index (χ3v) is 1.80. The van der Waals surface area contributed by atoms with Gasteiger partial charge in [-0.25, -0.2) is 0 Å². The van der Waals surface area contributed by atoms with Crippen molar-refractivity contribution < 1.29 is 9.53 Å². The van der Waals surface area contributed by atoms with E-state index >= 15 is 0 Å². The lowest BCUT2D eigenvalue weighted by Crippen LogP contribution is -2.12. The summed E-state index contributed by atoms with van der Waals surface area (Å²) >= 11 is 0. The monoisotopic (exact) mass is 140 g/mol. The molecule has 0 bridgehead atoms. The fourth-order valence-electron chi connectivity index (χ4n) is 0.664. The Morgan fingerprint density at radius 1 is 1.60 bits per heavy atom. The van der Waals surface area contributed by atoms with E-state index in [1.54, 1.807) is 6.08 Å². The predicted octanol–water partition coefficient (Wildman–Crippen LogP) is 1.86. The van der Waals surface area contributed by atoms with Crippen LogP contribution in [0.4, 0.5) is 0 Å². The minimum Gasteiger partial charge on any atom is -0.434 e. The summed E-state index contributed by atoms with van der Waals surface area (Å²) in [4.78, 5) is 11.0. The highest BCUT2D eigenvalue weighted by molar-refractivity contribution is 5.79. The Labute approximate surface area is 60.9 Å². The second-order valence-electron chi connectivity index (χ2n) is 2.94. The van der Waals surface area contributed by atoms with Crippen LogP contribution in [0.3, 0.4) is 0 Å². The highest BCUT2D eigenvalue weighted by Gasteiger charge is 2.46. The van der Waals surface area contributed by atoms with E-state index in [-0.39, 0.29) is 11.4 Å². The molecule has 0 amide bonds. The van der Waals surface area contributed by atoms with Crippen LogP contribution in [0.2, 0.25) is 0 Å². The van der Waals surface area contributed by atoms with Crippen molar-refractivity contribution >= 4 is 5.97 Å². The van der Waals surface area contributed by atoms with Gasteiger partial charge in [-0.15, -0.1) is 0 Å². The molecule has 2 nitrogen and oxygen atoms in total. The zero-order chi connectivity index (χ0) is 7.61. The van der Waals surface area contributed by atoms with Gasteiger partial charge in [0.15, 0.2) is 0 Å². The Bertz CT molecular complexity index is 166. The normalized spacial score (nSPS) is 21.0. The fraction of sp³-hybridized carbons (Fsp3) is 0.625. The summed E-state index contributed by atoms with van der Waals surface area (Å²) in [6, 6.07) is 0. The number of carbonyl (C=O) groups is 1. The van der Waals surface area contributed by atoms with Crippen LogP contribution in [0.1, 0.15) is 26.7 Å². The maximum atomic E-state index is 11.0. The fourth-order valence-corrected chi connectivity index (χ4v) is 0.664. The van der Waals surface area contributed by atoms with Crippen molar-refractivity contribution in [3.8, 4) is 0 Å². The average Bonchev–Trinajstić information content (AvgIpc) is 2.64. The Kier molecular flexibility index (Phi) is 1.79. The Morgan fingerprint density at radius 2 is 2.20 bits per heavy atom. The molecule has 0 aromatic carbocycles. The van der Waals surface area contributed by atoms with Crippen LogP contribution in [0.15, 0.2) is 12.3 Å². The molecule has 0 aromatic heterocycles. The quantitative estimate of drug-likeness (QED) is 0.432. The highest BCUT2D eigenvalue weighted by Crippen LogP contribution is 2.45. The van der Waals surface area contributed by atoms with E-state index in [0.29, 0.717) is 0 Å². The molecule has 10 heavy (non-hydrogen) atoms. The van der Waals surface area contributed by atoms with Gasteiger partial charge in [0.1, 0.15) is 0 Å². The van der Waals surface area contributed by atoms with Gasteiger partial charge < -0.3 is 4.74 Å². The molecular weight excluding hydrogens is 128 g/mol. The molecule has 0 aliphatic heterocycles. The molecule has 2 heteroatoms. The summed E-state index contributed by atoms with van der Waals surface area (Å²) in [5, 5.41) is 0. The number of hydrogen-bond donors (Lipinski definition) is 0. The van der Waals surface area contributed by atoms with Crippen molar-refractivity contribution in [3.05, 3.63) is 12.3 Å². The van der Waals surface area contributed by atoms with Crippen molar-refractivity contribution in [3.63, 3.8) is 0 Å². The van der Waals surface area contributed by atoms with E-state index in [0.717, 1.165) is 12.8 Å². The van der Waals surface area contributed by atoms with Crippen LogP contribution in [-0.4, -0.2) is 5.97 Å². The molecule has 0 aromatic rings. The number of rotatable bonds is 2. The van der Waals surface area contributed by atoms with Crippen LogP contribution >= 0.6 is 0 Å². The topological polar surface area (TPSA) is 26.3 Å². The SMILES string of the molecule is CC=COC(=O)C1(C)CC1. The summed E-state index contributed by atoms with van der Waals surface area (Å²) in [6.45, 7) is 3.75. The van der Waals surface area contributed by atoms with Crippen molar-refractivity contribution in [2.24, 2.45) is 5.41 Å². The maximum Gasteiger partial charge on any atom is 0.316 e. The molecular formula is C8H12O2. The molecule has 0 unspecified atom stereocenters. The minimum atomic E-state index is -0.153. The maximum absolute atomic E-state index is 11.0. The summed E-state index contributed by atoms with van der Waals surface area (Å²) in [6.07, 6.45) is 5.10.